The average Bonchev–Trinajstić information content (AvgIpc) is 2.73. The summed E-state index contributed by atoms with van der Waals surface area (Å²) in [5.74, 6) is 2.70. The van der Waals surface area contributed by atoms with Gasteiger partial charge in [0.05, 0.1) is 23.9 Å². The third kappa shape index (κ3) is 1.97. The predicted molar refractivity (Wildman–Crippen MR) is 72.9 cm³/mol. The maximum absolute atomic E-state index is 5.99. The zero-order chi connectivity index (χ0) is 12.9. The van der Waals surface area contributed by atoms with Crippen LogP contribution >= 0.6 is 0 Å². The van der Waals surface area contributed by atoms with Gasteiger partial charge in [-0.3, -0.25) is 0 Å². The van der Waals surface area contributed by atoms with Crippen LogP contribution in [0.15, 0.2) is 11.5 Å². The first-order valence-electron chi connectivity index (χ1n) is 7.44. The molecule has 4 nitrogen and oxygen atoms in total. The van der Waals surface area contributed by atoms with Gasteiger partial charge >= 0.3 is 0 Å². The van der Waals surface area contributed by atoms with E-state index >= 15 is 0 Å². The summed E-state index contributed by atoms with van der Waals surface area (Å²) < 4.78 is 0. The number of nitrogens with zero attached hydrogens (tertiary/aromatic N) is 2. The monoisotopic (exact) mass is 259 g/mol. The highest BCUT2D eigenvalue weighted by Gasteiger charge is 2.52. The van der Waals surface area contributed by atoms with Gasteiger partial charge in [-0.15, -0.1) is 0 Å². The van der Waals surface area contributed by atoms with Crippen molar-refractivity contribution in [2.45, 2.75) is 51.0 Å². The molecule has 1 aromatic heterocycles. The molecular formula is C15H21N3O. The van der Waals surface area contributed by atoms with Crippen molar-refractivity contribution >= 4 is 6.21 Å². The van der Waals surface area contributed by atoms with Gasteiger partial charge in [0, 0.05) is 0 Å². The van der Waals surface area contributed by atoms with E-state index in [1.54, 1.807) is 12.5 Å². The van der Waals surface area contributed by atoms with Crippen molar-refractivity contribution in [3.63, 3.8) is 0 Å². The van der Waals surface area contributed by atoms with Crippen molar-refractivity contribution in [2.24, 2.45) is 22.9 Å². The lowest BCUT2D eigenvalue weighted by atomic mass is 9.54. The Balaban J connectivity index is 1.48. The predicted octanol–water partition coefficient (Wildman–Crippen LogP) is 3.04. The summed E-state index contributed by atoms with van der Waals surface area (Å²) in [7, 11) is 0. The third-order valence-corrected chi connectivity index (χ3v) is 5.28. The van der Waals surface area contributed by atoms with E-state index in [1.165, 1.54) is 38.5 Å². The number of aromatic amines is 1. The molecule has 0 amide bonds. The van der Waals surface area contributed by atoms with E-state index in [0.29, 0.717) is 0 Å². The molecule has 0 radical (unpaired) electrons. The van der Waals surface area contributed by atoms with Gasteiger partial charge in [0.2, 0.25) is 0 Å². The van der Waals surface area contributed by atoms with E-state index < -0.39 is 0 Å². The molecule has 1 N–H and O–H groups in total. The van der Waals surface area contributed by atoms with Crippen LogP contribution in [0.4, 0.5) is 0 Å². The lowest BCUT2D eigenvalue weighted by molar-refractivity contribution is -0.161. The molecule has 0 aromatic carbocycles. The van der Waals surface area contributed by atoms with Crippen molar-refractivity contribution in [1.29, 1.82) is 0 Å². The van der Waals surface area contributed by atoms with Crippen LogP contribution < -0.4 is 0 Å². The summed E-state index contributed by atoms with van der Waals surface area (Å²) in [5, 5.41) is 4.27. The maximum atomic E-state index is 5.99. The number of aryl methyl sites for hydroxylation is 1. The Labute approximate surface area is 113 Å². The van der Waals surface area contributed by atoms with E-state index in [1.807, 2.05) is 6.92 Å². The second-order valence-corrected chi connectivity index (χ2v) is 6.83. The number of imidazole rings is 1. The van der Waals surface area contributed by atoms with Crippen molar-refractivity contribution in [2.75, 3.05) is 0 Å². The number of hydrogen-bond acceptors (Lipinski definition) is 3. The highest BCUT2D eigenvalue weighted by atomic mass is 16.6. The second kappa shape index (κ2) is 4.09. The standard InChI is InChI=1S/C15H21N3O/c1-10-14(17-9-16-10)8-18-19-15-5-11-2-12(6-15)4-13(3-11)7-15/h8-9,11-13H,2-7H2,1H3,(H,16,17)/b18-8+. The molecule has 1 heterocycles. The molecule has 4 aliphatic rings. The zero-order valence-electron chi connectivity index (χ0n) is 11.4. The fourth-order valence-electron chi connectivity index (χ4n) is 4.84. The Kier molecular flexibility index (Phi) is 2.47. The molecule has 5 rings (SSSR count). The summed E-state index contributed by atoms with van der Waals surface area (Å²) in [4.78, 5) is 13.2. The van der Waals surface area contributed by atoms with Gasteiger partial charge in [-0.25, -0.2) is 4.98 Å². The highest BCUT2D eigenvalue weighted by molar-refractivity contribution is 5.77. The number of hydrogen-bond donors (Lipinski definition) is 1. The van der Waals surface area contributed by atoms with Crippen molar-refractivity contribution in [1.82, 2.24) is 9.97 Å². The van der Waals surface area contributed by atoms with E-state index in [2.05, 4.69) is 15.1 Å². The molecule has 4 heteroatoms. The van der Waals surface area contributed by atoms with Crippen LogP contribution in [0.1, 0.15) is 49.9 Å². The normalized spacial score (nSPS) is 40.2. The largest absolute Gasteiger partial charge is 0.389 e. The van der Waals surface area contributed by atoms with Crippen LogP contribution in [0.25, 0.3) is 0 Å². The van der Waals surface area contributed by atoms with Crippen LogP contribution in [-0.4, -0.2) is 21.8 Å². The van der Waals surface area contributed by atoms with Gasteiger partial charge in [0.15, 0.2) is 0 Å². The minimum absolute atomic E-state index is 0.0547. The summed E-state index contributed by atoms with van der Waals surface area (Å²) in [6.07, 6.45) is 11.4. The van der Waals surface area contributed by atoms with Gasteiger partial charge < -0.3 is 9.82 Å². The first kappa shape index (κ1) is 11.5. The Bertz CT molecular complexity index is 470. The van der Waals surface area contributed by atoms with Crippen molar-refractivity contribution in [3.8, 4) is 0 Å². The Morgan fingerprint density at radius 1 is 1.26 bits per heavy atom. The number of H-pyrrole nitrogens is 1. The molecule has 4 fully saturated rings. The molecule has 0 saturated heterocycles. The molecular weight excluding hydrogens is 238 g/mol. The van der Waals surface area contributed by atoms with E-state index in [9.17, 15) is 0 Å². The molecule has 0 aliphatic heterocycles. The van der Waals surface area contributed by atoms with E-state index in [4.69, 9.17) is 4.84 Å². The molecule has 102 valence electrons. The van der Waals surface area contributed by atoms with E-state index in [-0.39, 0.29) is 5.60 Å². The fourth-order valence-corrected chi connectivity index (χ4v) is 4.84. The number of rotatable bonds is 3. The van der Waals surface area contributed by atoms with Crippen LogP contribution in [0.2, 0.25) is 0 Å². The summed E-state index contributed by atoms with van der Waals surface area (Å²) in [5.41, 5.74) is 1.97. The molecule has 1 aromatic rings. The van der Waals surface area contributed by atoms with Gasteiger partial charge in [-0.05, 0) is 63.2 Å². The zero-order valence-corrected chi connectivity index (χ0v) is 11.4. The van der Waals surface area contributed by atoms with E-state index in [0.717, 1.165) is 29.1 Å². The minimum Gasteiger partial charge on any atom is -0.389 e. The first-order valence-corrected chi connectivity index (χ1v) is 7.44. The maximum Gasteiger partial charge on any atom is 0.138 e. The van der Waals surface area contributed by atoms with Crippen LogP contribution in [0, 0.1) is 24.7 Å². The SMILES string of the molecule is Cc1nc[nH]c1/C=N/OC12CC3CC(CC(C3)C1)C2. The topological polar surface area (TPSA) is 50.3 Å². The lowest BCUT2D eigenvalue weighted by Crippen LogP contribution is -2.51. The molecule has 0 spiro atoms. The van der Waals surface area contributed by atoms with Crippen LogP contribution in [0.3, 0.4) is 0 Å². The van der Waals surface area contributed by atoms with Gasteiger partial charge in [0.1, 0.15) is 5.60 Å². The number of aromatic nitrogens is 2. The smallest absolute Gasteiger partial charge is 0.138 e. The summed E-state index contributed by atoms with van der Waals surface area (Å²) in [6, 6.07) is 0. The molecule has 4 bridgehead atoms. The number of nitrogens with one attached hydrogen (secondary N) is 1. The Hall–Kier alpha value is -1.32. The first-order chi connectivity index (χ1) is 9.22. The molecule has 0 atom stereocenters. The molecule has 4 aliphatic carbocycles. The minimum atomic E-state index is 0.0547. The molecule has 0 unspecified atom stereocenters. The Morgan fingerprint density at radius 2 is 1.89 bits per heavy atom. The summed E-state index contributed by atoms with van der Waals surface area (Å²) in [6.45, 7) is 1.97. The van der Waals surface area contributed by atoms with Crippen molar-refractivity contribution in [3.05, 3.63) is 17.7 Å². The summed E-state index contributed by atoms with van der Waals surface area (Å²) >= 11 is 0. The van der Waals surface area contributed by atoms with Crippen LogP contribution in [0.5, 0.6) is 0 Å². The van der Waals surface area contributed by atoms with Crippen LogP contribution in [-0.2, 0) is 4.84 Å². The molecule has 4 saturated carbocycles. The second-order valence-electron chi connectivity index (χ2n) is 6.83. The fraction of sp³-hybridized carbons (Fsp3) is 0.733. The highest BCUT2D eigenvalue weighted by Crippen LogP contribution is 2.57. The van der Waals surface area contributed by atoms with Gasteiger partial charge in [-0.2, -0.15) is 0 Å². The average molecular weight is 259 g/mol. The van der Waals surface area contributed by atoms with Gasteiger partial charge in [-0.1, -0.05) is 5.16 Å². The van der Waals surface area contributed by atoms with Crippen molar-refractivity contribution < 1.29 is 4.84 Å². The third-order valence-electron chi connectivity index (χ3n) is 5.28. The lowest BCUT2D eigenvalue weighted by Gasteiger charge is -2.54. The molecule has 19 heavy (non-hydrogen) atoms. The van der Waals surface area contributed by atoms with Gasteiger partial charge in [0.25, 0.3) is 0 Å². The quantitative estimate of drug-likeness (QED) is 0.670. The Morgan fingerprint density at radius 3 is 2.42 bits per heavy atom. The number of oxime groups is 1.